The number of amides is 1. The van der Waals surface area contributed by atoms with Gasteiger partial charge in [-0.25, -0.2) is 9.97 Å². The summed E-state index contributed by atoms with van der Waals surface area (Å²) >= 11 is 1.07. The third-order valence-electron chi connectivity index (χ3n) is 9.73. The zero-order valence-electron chi connectivity index (χ0n) is 24.5. The van der Waals surface area contributed by atoms with Gasteiger partial charge in [0.25, 0.3) is 0 Å². The summed E-state index contributed by atoms with van der Waals surface area (Å²) in [6.45, 7) is 6.51. The molecule has 3 aliphatic heterocycles. The molecular formula is C30H38F3N7O2S. The van der Waals surface area contributed by atoms with E-state index in [1.54, 1.807) is 18.0 Å². The van der Waals surface area contributed by atoms with Crippen LogP contribution in [0.1, 0.15) is 37.5 Å². The van der Waals surface area contributed by atoms with Gasteiger partial charge >= 0.3 is 6.18 Å². The number of aromatic nitrogens is 2. The number of nitriles is 1. The van der Waals surface area contributed by atoms with Crippen LogP contribution in [-0.2, 0) is 16.0 Å². The number of hydrogen-bond donors (Lipinski definition) is 1. The van der Waals surface area contributed by atoms with Crippen molar-refractivity contribution < 1.29 is 22.7 Å². The van der Waals surface area contributed by atoms with Gasteiger partial charge in [0.2, 0.25) is 5.91 Å². The fourth-order valence-electron chi connectivity index (χ4n) is 7.36. The highest BCUT2D eigenvalue weighted by Crippen LogP contribution is 2.44. The van der Waals surface area contributed by atoms with Crippen molar-refractivity contribution in [2.75, 3.05) is 51.7 Å². The minimum atomic E-state index is -4.25. The standard InChI is InChI=1S/C30H38F3N7O2S/c1-18-19(3-4-26-24(18)9-21(12-34)40(26)15-22-14-38(2)27(41)16-42-22)13-39-7-5-20(6-8-39)37-28-25-10-23(11-30(31,32)33)43-29(25)36-17-35-28/h9-10,17-20,22,24,26H,3-8,11,13-16H2,1-2H3,(H,35,36,37). The molecule has 1 aliphatic carbocycles. The predicted molar refractivity (Wildman–Crippen MR) is 157 cm³/mol. The van der Waals surface area contributed by atoms with Gasteiger partial charge in [-0.15, -0.1) is 11.3 Å². The molecule has 2 saturated heterocycles. The monoisotopic (exact) mass is 617 g/mol. The van der Waals surface area contributed by atoms with Crippen LogP contribution in [0.2, 0.25) is 0 Å². The molecule has 0 spiro atoms. The highest BCUT2D eigenvalue weighted by molar-refractivity contribution is 7.18. The number of likely N-dealkylation sites (tertiary alicyclic amines) is 1. The summed E-state index contributed by atoms with van der Waals surface area (Å²) in [5.74, 6) is 1.91. The second-order valence-corrected chi connectivity index (χ2v) is 13.6. The Morgan fingerprint density at radius 2 is 1.98 bits per heavy atom. The lowest BCUT2D eigenvalue weighted by Crippen LogP contribution is -2.51. The molecule has 43 heavy (non-hydrogen) atoms. The Balaban J connectivity index is 1.02. The van der Waals surface area contributed by atoms with Crippen molar-refractivity contribution in [2.45, 2.75) is 63.4 Å². The van der Waals surface area contributed by atoms with E-state index in [1.807, 2.05) is 0 Å². The third kappa shape index (κ3) is 6.61. The van der Waals surface area contributed by atoms with Crippen LogP contribution in [0.15, 0.2) is 24.2 Å². The average Bonchev–Trinajstić information content (AvgIpc) is 3.53. The van der Waals surface area contributed by atoms with Gasteiger partial charge in [-0.2, -0.15) is 18.4 Å². The largest absolute Gasteiger partial charge is 0.393 e. The van der Waals surface area contributed by atoms with Crippen LogP contribution in [0.3, 0.4) is 0 Å². The maximum absolute atomic E-state index is 12.9. The van der Waals surface area contributed by atoms with Gasteiger partial charge in [0.1, 0.15) is 35.3 Å². The first-order valence-corrected chi connectivity index (χ1v) is 15.9. The van der Waals surface area contributed by atoms with Crippen LogP contribution >= 0.6 is 11.3 Å². The topological polar surface area (TPSA) is 97.6 Å². The van der Waals surface area contributed by atoms with Gasteiger partial charge in [0.05, 0.1) is 17.9 Å². The minimum absolute atomic E-state index is 0.00668. The van der Waals surface area contributed by atoms with Gasteiger partial charge in [-0.1, -0.05) is 6.92 Å². The summed E-state index contributed by atoms with van der Waals surface area (Å²) in [6, 6.07) is 4.48. The van der Waals surface area contributed by atoms with Crippen molar-refractivity contribution in [3.8, 4) is 6.07 Å². The number of fused-ring (bicyclic) bond motifs is 2. The van der Waals surface area contributed by atoms with Gasteiger partial charge in [0.15, 0.2) is 0 Å². The highest BCUT2D eigenvalue weighted by atomic mass is 32.1. The molecule has 0 bridgehead atoms. The molecule has 13 heteroatoms. The molecule has 0 radical (unpaired) electrons. The minimum Gasteiger partial charge on any atom is -0.367 e. The normalized spacial score (nSPS) is 29.1. The van der Waals surface area contributed by atoms with Gasteiger partial charge in [0, 0.05) is 62.7 Å². The average molecular weight is 618 g/mol. The molecule has 1 saturated carbocycles. The molecule has 2 aromatic heterocycles. The number of likely N-dealkylation sites (N-methyl/N-ethyl adjacent to an activating group) is 1. The molecule has 2 aromatic rings. The number of morpholine rings is 1. The number of piperidine rings is 1. The number of alkyl halides is 3. The second kappa shape index (κ2) is 12.2. The Hall–Kier alpha value is -2.95. The van der Waals surface area contributed by atoms with E-state index < -0.39 is 12.6 Å². The number of halogens is 3. The zero-order valence-corrected chi connectivity index (χ0v) is 25.3. The summed E-state index contributed by atoms with van der Waals surface area (Å²) in [5.41, 5.74) is 0.729. The lowest BCUT2D eigenvalue weighted by atomic mass is 9.70. The lowest BCUT2D eigenvalue weighted by Gasteiger charge is -2.44. The molecule has 5 heterocycles. The highest BCUT2D eigenvalue weighted by Gasteiger charge is 2.45. The fraction of sp³-hybridized carbons (Fsp3) is 0.667. The molecule has 0 aromatic carbocycles. The maximum atomic E-state index is 12.9. The van der Waals surface area contributed by atoms with E-state index in [0.717, 1.165) is 62.4 Å². The predicted octanol–water partition coefficient (Wildman–Crippen LogP) is 4.28. The maximum Gasteiger partial charge on any atom is 0.393 e. The van der Waals surface area contributed by atoms with E-state index >= 15 is 0 Å². The Labute approximate surface area is 253 Å². The summed E-state index contributed by atoms with van der Waals surface area (Å²) in [4.78, 5) is 27.7. The first kappa shape index (κ1) is 30.1. The van der Waals surface area contributed by atoms with Crippen LogP contribution in [-0.4, -0.2) is 101 Å². The number of ether oxygens (including phenoxy) is 1. The molecule has 1 N–H and O–H groups in total. The van der Waals surface area contributed by atoms with Crippen molar-refractivity contribution in [3.05, 3.63) is 29.0 Å². The van der Waals surface area contributed by atoms with E-state index in [4.69, 9.17) is 4.74 Å². The summed E-state index contributed by atoms with van der Waals surface area (Å²) < 4.78 is 44.5. The van der Waals surface area contributed by atoms with Crippen molar-refractivity contribution in [2.24, 2.45) is 17.8 Å². The number of carbonyl (C=O) groups excluding carboxylic acids is 1. The molecular weight excluding hydrogens is 579 g/mol. The van der Waals surface area contributed by atoms with Crippen molar-refractivity contribution in [1.29, 1.82) is 5.26 Å². The van der Waals surface area contributed by atoms with Crippen molar-refractivity contribution in [1.82, 2.24) is 24.7 Å². The van der Waals surface area contributed by atoms with Crippen LogP contribution in [0.5, 0.6) is 0 Å². The van der Waals surface area contributed by atoms with Crippen LogP contribution < -0.4 is 5.32 Å². The summed E-state index contributed by atoms with van der Waals surface area (Å²) in [5, 5.41) is 14.1. The molecule has 6 rings (SSSR count). The van der Waals surface area contributed by atoms with Crippen LogP contribution in [0.4, 0.5) is 19.0 Å². The van der Waals surface area contributed by atoms with E-state index in [9.17, 15) is 23.2 Å². The first-order valence-electron chi connectivity index (χ1n) is 15.1. The molecule has 1 amide bonds. The summed E-state index contributed by atoms with van der Waals surface area (Å²) in [6.07, 6.45) is 2.29. The molecule has 9 nitrogen and oxygen atoms in total. The number of thiophene rings is 1. The Bertz CT molecular complexity index is 1400. The molecule has 232 valence electrons. The molecule has 5 atom stereocenters. The number of carbonyl (C=O) groups is 1. The fourth-order valence-corrected chi connectivity index (χ4v) is 8.39. The van der Waals surface area contributed by atoms with Gasteiger partial charge < -0.3 is 24.8 Å². The number of allylic oxidation sites excluding steroid dienone is 1. The summed E-state index contributed by atoms with van der Waals surface area (Å²) in [7, 11) is 1.80. The third-order valence-corrected chi connectivity index (χ3v) is 10.8. The SMILES string of the molecule is CC1C(CN2CCC(Nc3ncnc4sc(CC(F)(F)F)cc34)CC2)CCC2C1C=C(C#N)N2CC1CN(C)C(=O)CO1. The van der Waals surface area contributed by atoms with E-state index in [2.05, 4.69) is 44.2 Å². The van der Waals surface area contributed by atoms with Crippen LogP contribution in [0.25, 0.3) is 10.2 Å². The number of nitrogens with one attached hydrogen (secondary N) is 1. The number of hydrogen-bond acceptors (Lipinski definition) is 9. The number of anilines is 1. The van der Waals surface area contributed by atoms with Crippen molar-refractivity contribution >= 4 is 33.3 Å². The second-order valence-electron chi connectivity index (χ2n) is 12.5. The molecule has 5 unspecified atom stereocenters. The Morgan fingerprint density at radius 3 is 2.70 bits per heavy atom. The smallest absolute Gasteiger partial charge is 0.367 e. The number of rotatable bonds is 7. The van der Waals surface area contributed by atoms with Crippen LogP contribution in [0, 0.1) is 29.1 Å². The quantitative estimate of drug-likeness (QED) is 0.492. The molecule has 3 fully saturated rings. The van der Waals surface area contributed by atoms with E-state index in [1.165, 1.54) is 6.33 Å². The Morgan fingerprint density at radius 1 is 1.19 bits per heavy atom. The first-order chi connectivity index (χ1) is 20.6. The number of nitrogens with zero attached hydrogens (tertiary/aromatic N) is 6. The van der Waals surface area contributed by atoms with Gasteiger partial charge in [-0.3, -0.25) is 4.79 Å². The lowest BCUT2D eigenvalue weighted by molar-refractivity contribution is -0.147. The molecule has 4 aliphatic rings. The zero-order chi connectivity index (χ0) is 30.3. The Kier molecular flexibility index (Phi) is 8.54. The van der Waals surface area contributed by atoms with E-state index in [0.29, 0.717) is 52.9 Å². The van der Waals surface area contributed by atoms with E-state index in [-0.39, 0.29) is 29.5 Å². The van der Waals surface area contributed by atoms with Crippen molar-refractivity contribution in [3.63, 3.8) is 0 Å². The van der Waals surface area contributed by atoms with Gasteiger partial charge in [-0.05, 0) is 49.7 Å².